The molecule has 0 aliphatic rings. The summed E-state index contributed by atoms with van der Waals surface area (Å²) in [6.07, 6.45) is 5.01. The number of halogens is 1. The number of aromatic nitrogens is 2. The molecule has 0 saturated carbocycles. The van der Waals surface area contributed by atoms with E-state index < -0.39 is 10.0 Å². The number of nitrogens with one attached hydrogen (secondary N) is 2. The van der Waals surface area contributed by atoms with Gasteiger partial charge in [0.05, 0.1) is 16.9 Å². The van der Waals surface area contributed by atoms with Crippen molar-refractivity contribution >= 4 is 33.1 Å². The van der Waals surface area contributed by atoms with Crippen LogP contribution in [0.25, 0.3) is 0 Å². The van der Waals surface area contributed by atoms with E-state index in [1.807, 2.05) is 12.1 Å². The van der Waals surface area contributed by atoms with Gasteiger partial charge in [-0.05, 0) is 42.0 Å². The number of pyridine rings is 2. The lowest BCUT2D eigenvalue weighted by Crippen LogP contribution is -2.14. The Kier molecular flexibility index (Phi) is 5.16. The third kappa shape index (κ3) is 4.46. The number of hydrogen-bond acceptors (Lipinski definition) is 5. The highest BCUT2D eigenvalue weighted by atomic mass is 35.5. The molecule has 0 atom stereocenters. The first-order valence-corrected chi connectivity index (χ1v) is 9.27. The highest BCUT2D eigenvalue weighted by Crippen LogP contribution is 2.23. The molecule has 6 nitrogen and oxygen atoms in total. The van der Waals surface area contributed by atoms with Crippen molar-refractivity contribution in [1.82, 2.24) is 9.97 Å². The van der Waals surface area contributed by atoms with Gasteiger partial charge >= 0.3 is 0 Å². The second-order valence-electron chi connectivity index (χ2n) is 5.18. The molecule has 2 N–H and O–H groups in total. The minimum Gasteiger partial charge on any atom is -0.380 e. The molecule has 3 rings (SSSR count). The Bertz CT molecular complexity index is 948. The van der Waals surface area contributed by atoms with Crippen LogP contribution in [0.5, 0.6) is 0 Å². The molecule has 1 aromatic carbocycles. The summed E-state index contributed by atoms with van der Waals surface area (Å²) in [7, 11) is -3.78. The third-order valence-electron chi connectivity index (χ3n) is 3.37. The van der Waals surface area contributed by atoms with Crippen molar-refractivity contribution in [2.45, 2.75) is 11.4 Å². The quantitative estimate of drug-likeness (QED) is 0.689. The molecule has 0 radical (unpaired) electrons. The van der Waals surface area contributed by atoms with E-state index in [2.05, 4.69) is 20.0 Å². The SMILES string of the molecule is O=S(=O)(Nc1ccc(NCc2ccncc2)cn1)c1ccccc1Cl. The first kappa shape index (κ1) is 17.2. The Morgan fingerprint density at radius 1 is 1.00 bits per heavy atom. The maximum Gasteiger partial charge on any atom is 0.264 e. The molecule has 128 valence electrons. The van der Waals surface area contributed by atoms with Crippen molar-refractivity contribution in [2.75, 3.05) is 10.0 Å². The molecule has 0 aliphatic carbocycles. The molecule has 2 heterocycles. The minimum absolute atomic E-state index is 0.0124. The number of sulfonamides is 1. The molecule has 8 heteroatoms. The average Bonchev–Trinajstić information content (AvgIpc) is 2.62. The summed E-state index contributed by atoms with van der Waals surface area (Å²) in [4.78, 5) is 8.10. The zero-order valence-electron chi connectivity index (χ0n) is 13.1. The Labute approximate surface area is 151 Å². The topological polar surface area (TPSA) is 84.0 Å². The van der Waals surface area contributed by atoms with E-state index in [9.17, 15) is 8.42 Å². The first-order chi connectivity index (χ1) is 12.0. The monoisotopic (exact) mass is 374 g/mol. The molecular formula is C17H15ClN4O2S. The van der Waals surface area contributed by atoms with Crippen LogP contribution in [0, 0.1) is 0 Å². The van der Waals surface area contributed by atoms with Gasteiger partial charge in [0, 0.05) is 18.9 Å². The van der Waals surface area contributed by atoms with Gasteiger partial charge in [-0.15, -0.1) is 0 Å². The van der Waals surface area contributed by atoms with E-state index in [1.165, 1.54) is 12.1 Å². The van der Waals surface area contributed by atoms with Gasteiger partial charge in [0.1, 0.15) is 10.7 Å². The van der Waals surface area contributed by atoms with Gasteiger partial charge in [0.15, 0.2) is 0 Å². The van der Waals surface area contributed by atoms with Crippen LogP contribution in [0.2, 0.25) is 5.02 Å². The summed E-state index contributed by atoms with van der Waals surface area (Å²) in [5, 5.41) is 3.36. The smallest absolute Gasteiger partial charge is 0.264 e. The highest BCUT2D eigenvalue weighted by molar-refractivity contribution is 7.92. The number of rotatable bonds is 6. The zero-order valence-corrected chi connectivity index (χ0v) is 14.6. The Morgan fingerprint density at radius 3 is 2.44 bits per heavy atom. The lowest BCUT2D eigenvalue weighted by atomic mass is 10.2. The second kappa shape index (κ2) is 7.50. The predicted octanol–water partition coefficient (Wildman–Crippen LogP) is 3.54. The van der Waals surface area contributed by atoms with Gasteiger partial charge in [-0.3, -0.25) is 9.71 Å². The molecule has 3 aromatic rings. The molecule has 0 aliphatic heterocycles. The summed E-state index contributed by atoms with van der Waals surface area (Å²) in [5.74, 6) is 0.217. The van der Waals surface area contributed by atoms with Crippen LogP contribution in [0.1, 0.15) is 5.56 Å². The summed E-state index contributed by atoms with van der Waals surface area (Å²) in [6.45, 7) is 0.620. The normalized spacial score (nSPS) is 11.1. The third-order valence-corrected chi connectivity index (χ3v) is 5.23. The van der Waals surface area contributed by atoms with Crippen molar-refractivity contribution in [1.29, 1.82) is 0 Å². The molecule has 0 unspecified atom stereocenters. The fraction of sp³-hybridized carbons (Fsp3) is 0.0588. The standard InChI is InChI=1S/C17H15ClN4O2S/c18-15-3-1-2-4-16(15)25(23,24)22-17-6-5-14(12-21-17)20-11-13-7-9-19-10-8-13/h1-10,12,20H,11H2,(H,21,22). The van der Waals surface area contributed by atoms with Crippen LogP contribution in [-0.4, -0.2) is 18.4 Å². The van der Waals surface area contributed by atoms with Crippen LogP contribution in [0.15, 0.2) is 72.0 Å². The van der Waals surface area contributed by atoms with E-state index in [4.69, 9.17) is 11.6 Å². The highest BCUT2D eigenvalue weighted by Gasteiger charge is 2.17. The Morgan fingerprint density at radius 2 is 1.76 bits per heavy atom. The van der Waals surface area contributed by atoms with Gasteiger partial charge in [-0.1, -0.05) is 23.7 Å². The van der Waals surface area contributed by atoms with Crippen LogP contribution in [0.3, 0.4) is 0 Å². The fourth-order valence-corrected chi connectivity index (χ4v) is 3.65. The van der Waals surface area contributed by atoms with Gasteiger partial charge in [-0.25, -0.2) is 13.4 Å². The summed E-state index contributed by atoms with van der Waals surface area (Å²) in [5.41, 5.74) is 1.86. The molecule has 25 heavy (non-hydrogen) atoms. The lowest BCUT2D eigenvalue weighted by molar-refractivity contribution is 0.601. The Hall–Kier alpha value is -2.64. The predicted molar refractivity (Wildman–Crippen MR) is 98.1 cm³/mol. The van der Waals surface area contributed by atoms with Gasteiger partial charge in [0.2, 0.25) is 0 Å². The van der Waals surface area contributed by atoms with E-state index in [-0.39, 0.29) is 15.7 Å². The van der Waals surface area contributed by atoms with Crippen molar-refractivity contribution in [3.05, 3.63) is 77.7 Å². The maximum atomic E-state index is 12.4. The zero-order chi connectivity index (χ0) is 17.7. The van der Waals surface area contributed by atoms with E-state index in [0.29, 0.717) is 6.54 Å². The number of anilines is 2. The first-order valence-electron chi connectivity index (χ1n) is 7.41. The lowest BCUT2D eigenvalue weighted by Gasteiger charge is -2.10. The summed E-state index contributed by atoms with van der Waals surface area (Å²) >= 11 is 5.95. The molecule has 0 bridgehead atoms. The largest absolute Gasteiger partial charge is 0.380 e. The van der Waals surface area contributed by atoms with Gasteiger partial charge in [-0.2, -0.15) is 0 Å². The molecule has 2 aromatic heterocycles. The van der Waals surface area contributed by atoms with Crippen molar-refractivity contribution in [3.8, 4) is 0 Å². The van der Waals surface area contributed by atoms with Crippen LogP contribution in [0.4, 0.5) is 11.5 Å². The van der Waals surface area contributed by atoms with Crippen LogP contribution in [-0.2, 0) is 16.6 Å². The number of benzene rings is 1. The number of hydrogen-bond donors (Lipinski definition) is 2. The van der Waals surface area contributed by atoms with Crippen molar-refractivity contribution < 1.29 is 8.42 Å². The molecule has 0 spiro atoms. The van der Waals surface area contributed by atoms with Crippen LogP contribution < -0.4 is 10.0 Å². The molecule has 0 amide bonds. The molecule has 0 saturated heterocycles. The van der Waals surface area contributed by atoms with Crippen molar-refractivity contribution in [2.24, 2.45) is 0 Å². The van der Waals surface area contributed by atoms with Crippen LogP contribution >= 0.6 is 11.6 Å². The van der Waals surface area contributed by atoms with E-state index in [0.717, 1.165) is 11.3 Å². The van der Waals surface area contributed by atoms with Crippen molar-refractivity contribution in [3.63, 3.8) is 0 Å². The molecular weight excluding hydrogens is 360 g/mol. The second-order valence-corrected chi connectivity index (χ2v) is 7.24. The Balaban J connectivity index is 1.67. The summed E-state index contributed by atoms with van der Waals surface area (Å²) < 4.78 is 27.1. The number of nitrogens with zero attached hydrogens (tertiary/aromatic N) is 2. The fourth-order valence-electron chi connectivity index (χ4n) is 2.12. The maximum absolute atomic E-state index is 12.4. The average molecular weight is 375 g/mol. The minimum atomic E-state index is -3.78. The van der Waals surface area contributed by atoms with Gasteiger partial charge in [0.25, 0.3) is 10.0 Å². The van der Waals surface area contributed by atoms with Gasteiger partial charge < -0.3 is 5.32 Å². The van der Waals surface area contributed by atoms with E-state index in [1.54, 1.807) is 42.9 Å². The van der Waals surface area contributed by atoms with E-state index >= 15 is 0 Å². The molecule has 0 fully saturated rings. The summed E-state index contributed by atoms with van der Waals surface area (Å²) in [6, 6.07) is 13.4.